The highest BCUT2D eigenvalue weighted by Gasteiger charge is 2.86. The number of allylic oxidation sites excluding steroid dienone is 3. The second-order valence-electron chi connectivity index (χ2n) is 16.6. The highest BCUT2D eigenvalue weighted by Crippen LogP contribution is 2.72. The van der Waals surface area contributed by atoms with Crippen LogP contribution < -0.4 is 9.47 Å². The zero-order chi connectivity index (χ0) is 35.1. The minimum Gasteiger partial charge on any atom is -0.507 e. The van der Waals surface area contributed by atoms with Gasteiger partial charge in [-0.1, -0.05) is 37.6 Å². The number of fused-ring (bicyclic) bond motifs is 4. The fraction of sp³-hybridized carbons (Fsp3) is 0.615. The maximum Gasteiger partial charge on any atom is 0.330 e. The van der Waals surface area contributed by atoms with E-state index in [2.05, 4.69) is 33.4 Å². The van der Waals surface area contributed by atoms with Crippen molar-refractivity contribution in [3.63, 3.8) is 0 Å². The van der Waals surface area contributed by atoms with E-state index >= 15 is 4.79 Å². The van der Waals surface area contributed by atoms with E-state index in [4.69, 9.17) is 18.9 Å². The van der Waals surface area contributed by atoms with E-state index in [-0.39, 0.29) is 52.5 Å². The first-order valence-electron chi connectivity index (χ1n) is 17.1. The monoisotopic (exact) mass is 660 g/mol. The van der Waals surface area contributed by atoms with Crippen LogP contribution in [0.5, 0.6) is 17.2 Å². The maximum atomic E-state index is 15.4. The number of carboxylic acid groups (broad SMARTS) is 1. The third-order valence-corrected chi connectivity index (χ3v) is 12.9. The van der Waals surface area contributed by atoms with Gasteiger partial charge in [-0.15, -0.1) is 6.58 Å². The minimum absolute atomic E-state index is 0.0588. The van der Waals surface area contributed by atoms with Crippen LogP contribution in [0.4, 0.5) is 0 Å². The second kappa shape index (κ2) is 10.1. The van der Waals surface area contributed by atoms with Crippen LogP contribution in [-0.4, -0.2) is 63.4 Å². The number of ether oxygens (including phenoxy) is 4. The average Bonchev–Trinajstić information content (AvgIpc) is 3.14. The number of rotatable bonds is 6. The zero-order valence-corrected chi connectivity index (χ0v) is 29.5. The Kier molecular flexibility index (Phi) is 6.94. The average molecular weight is 661 g/mol. The number of methoxy groups -OCH3 is 1. The van der Waals surface area contributed by atoms with Gasteiger partial charge in [0.1, 0.15) is 28.4 Å². The molecule has 3 aliphatic heterocycles. The third-order valence-electron chi connectivity index (χ3n) is 12.9. The fourth-order valence-electron chi connectivity index (χ4n) is 10.5. The molecular weight excluding hydrogens is 612 g/mol. The lowest BCUT2D eigenvalue weighted by atomic mass is 9.45. The molecule has 258 valence electrons. The Balaban J connectivity index is 1.58. The number of aliphatic carboxylic acids is 1. The van der Waals surface area contributed by atoms with Crippen molar-refractivity contribution in [1.82, 2.24) is 0 Å². The first-order valence-corrected chi connectivity index (χ1v) is 17.1. The first-order chi connectivity index (χ1) is 22.3. The number of carbonyl (C=O) groups is 3. The highest BCUT2D eigenvalue weighted by atomic mass is 16.6. The van der Waals surface area contributed by atoms with Crippen LogP contribution in [0.2, 0.25) is 0 Å². The van der Waals surface area contributed by atoms with E-state index in [1.807, 2.05) is 27.7 Å². The molecule has 0 unspecified atom stereocenters. The molecule has 4 bridgehead atoms. The standard InChI is InChI=1S/C39H48O9/c1-11-35(4,5)27-31-24(20-16-18(2)12-13-22(20)36(6,7)46-31)28(40)25-29(41)26-30(45-10)21-17-23-37(8,9)48-38(33(21)42,15-14-19(3)34(43)44)39(23,26)47-32(25)27/h11,14,16,20-23,26,30,40H,1,12-13,15,17H2,2-10H3,(H,43,44)/b19-14+/t20-,21+,22+,23+,26-,30+,38+,39+/m1/s1. The number of Topliss-reactive ketones (excluding diaryl/α,β-unsaturated/α-hetero) is 2. The number of hydrogen-bond acceptors (Lipinski definition) is 8. The summed E-state index contributed by atoms with van der Waals surface area (Å²) in [7, 11) is 1.50. The summed E-state index contributed by atoms with van der Waals surface area (Å²) < 4.78 is 27.1. The molecule has 4 aliphatic carbocycles. The molecule has 3 heterocycles. The Labute approximate surface area is 282 Å². The molecule has 9 nitrogen and oxygen atoms in total. The molecule has 0 radical (unpaired) electrons. The van der Waals surface area contributed by atoms with Gasteiger partial charge in [0.2, 0.25) is 0 Å². The number of hydrogen-bond donors (Lipinski definition) is 2. The molecule has 9 heteroatoms. The number of carboxylic acids is 1. The van der Waals surface area contributed by atoms with E-state index in [0.717, 1.165) is 12.8 Å². The molecule has 2 N–H and O–H groups in total. The summed E-state index contributed by atoms with van der Waals surface area (Å²) in [5, 5.41) is 22.1. The van der Waals surface area contributed by atoms with E-state index in [9.17, 15) is 19.8 Å². The summed E-state index contributed by atoms with van der Waals surface area (Å²) in [5.41, 5.74) is -3.04. The Bertz CT molecular complexity index is 1740. The lowest BCUT2D eigenvalue weighted by molar-refractivity contribution is -0.224. The number of carbonyl (C=O) groups excluding carboxylic acids is 2. The van der Waals surface area contributed by atoms with E-state index in [1.165, 1.54) is 25.7 Å². The summed E-state index contributed by atoms with van der Waals surface area (Å²) in [6.07, 6.45) is 6.74. The Morgan fingerprint density at radius 3 is 2.46 bits per heavy atom. The van der Waals surface area contributed by atoms with Crippen molar-refractivity contribution in [3.8, 4) is 17.2 Å². The van der Waals surface area contributed by atoms with Crippen molar-refractivity contribution in [2.45, 2.75) is 121 Å². The van der Waals surface area contributed by atoms with Crippen LogP contribution in [0.1, 0.15) is 108 Å². The molecular formula is C39H48O9. The van der Waals surface area contributed by atoms with Gasteiger partial charge in [-0.2, -0.15) is 0 Å². The van der Waals surface area contributed by atoms with Crippen molar-refractivity contribution in [1.29, 1.82) is 0 Å². The predicted octanol–water partition coefficient (Wildman–Crippen LogP) is 6.60. The van der Waals surface area contributed by atoms with E-state index in [1.54, 1.807) is 6.08 Å². The van der Waals surface area contributed by atoms with Crippen LogP contribution in [0, 0.1) is 23.7 Å². The maximum absolute atomic E-state index is 15.4. The number of phenolic OH excluding ortho intramolecular Hbond substituents is 1. The summed E-state index contributed by atoms with van der Waals surface area (Å²) in [6.45, 7) is 19.6. The molecule has 1 saturated heterocycles. The van der Waals surface area contributed by atoms with Crippen molar-refractivity contribution < 1.29 is 43.5 Å². The smallest absolute Gasteiger partial charge is 0.330 e. The van der Waals surface area contributed by atoms with E-state index in [0.29, 0.717) is 23.3 Å². The van der Waals surface area contributed by atoms with Gasteiger partial charge >= 0.3 is 5.97 Å². The molecule has 4 fully saturated rings. The Morgan fingerprint density at radius 1 is 1.15 bits per heavy atom. The van der Waals surface area contributed by atoms with Crippen LogP contribution in [0.25, 0.3) is 0 Å². The molecule has 8 rings (SSSR count). The van der Waals surface area contributed by atoms with Crippen molar-refractivity contribution in [3.05, 3.63) is 52.6 Å². The molecule has 1 spiro atoms. The van der Waals surface area contributed by atoms with Crippen LogP contribution in [0.15, 0.2) is 36.0 Å². The Hall–Kier alpha value is -3.43. The van der Waals surface area contributed by atoms with Crippen molar-refractivity contribution in [2.24, 2.45) is 23.7 Å². The van der Waals surface area contributed by atoms with Gasteiger partial charge in [0.25, 0.3) is 0 Å². The number of phenols is 1. The fourth-order valence-corrected chi connectivity index (χ4v) is 10.5. The van der Waals surface area contributed by atoms with Gasteiger partial charge in [-0.05, 0) is 60.8 Å². The third kappa shape index (κ3) is 3.89. The zero-order valence-electron chi connectivity index (χ0n) is 29.5. The molecule has 48 heavy (non-hydrogen) atoms. The summed E-state index contributed by atoms with van der Waals surface area (Å²) in [5.74, 6) is -3.49. The summed E-state index contributed by atoms with van der Waals surface area (Å²) in [6, 6.07) is 0. The molecule has 1 aromatic carbocycles. The summed E-state index contributed by atoms with van der Waals surface area (Å²) in [4.78, 5) is 42.0. The number of aromatic hydroxyl groups is 1. The molecule has 1 aromatic rings. The van der Waals surface area contributed by atoms with E-state index < -0.39 is 57.6 Å². The molecule has 7 aliphatic rings. The topological polar surface area (TPSA) is 129 Å². The first kappa shape index (κ1) is 33.1. The van der Waals surface area contributed by atoms with Gasteiger partial charge in [0.15, 0.2) is 22.8 Å². The van der Waals surface area contributed by atoms with Crippen LogP contribution in [-0.2, 0) is 24.5 Å². The van der Waals surface area contributed by atoms with Gasteiger partial charge in [0, 0.05) is 59.3 Å². The SMILES string of the molecule is C=CC(C)(C)c1c2c(c(O)c3c1OC(C)(C)[C@H]1CCC(C)=C[C@@H]31)C(=O)[C@@H]1[C@@H](OC)[C@@H]3C[C@H]4C(C)(C)O[C@@](C/C=C(\C)C(=O)O)(C3=O)[C@@]14O2. The van der Waals surface area contributed by atoms with Gasteiger partial charge in [-0.3, -0.25) is 9.59 Å². The molecule has 0 aromatic heterocycles. The van der Waals surface area contributed by atoms with Crippen LogP contribution in [0.3, 0.4) is 0 Å². The molecule has 8 atom stereocenters. The lowest BCUT2D eigenvalue weighted by Crippen LogP contribution is -2.80. The second-order valence-corrected chi connectivity index (χ2v) is 16.6. The largest absolute Gasteiger partial charge is 0.507 e. The van der Waals surface area contributed by atoms with Gasteiger partial charge in [0.05, 0.1) is 17.6 Å². The Morgan fingerprint density at radius 2 is 1.83 bits per heavy atom. The van der Waals surface area contributed by atoms with Gasteiger partial charge < -0.3 is 29.2 Å². The lowest BCUT2D eigenvalue weighted by Gasteiger charge is -2.62. The highest BCUT2D eigenvalue weighted by molar-refractivity contribution is 6.10. The molecule has 0 amide bonds. The summed E-state index contributed by atoms with van der Waals surface area (Å²) >= 11 is 0. The quantitative estimate of drug-likeness (QED) is 0.256. The van der Waals surface area contributed by atoms with Gasteiger partial charge in [-0.25, -0.2) is 4.79 Å². The van der Waals surface area contributed by atoms with Crippen LogP contribution >= 0.6 is 0 Å². The van der Waals surface area contributed by atoms with Crippen molar-refractivity contribution >= 4 is 17.5 Å². The predicted molar refractivity (Wildman–Crippen MR) is 178 cm³/mol. The molecule has 3 saturated carbocycles. The van der Waals surface area contributed by atoms with Crippen molar-refractivity contribution in [2.75, 3.05) is 7.11 Å². The number of ketones is 2. The minimum atomic E-state index is -1.68. The normalized spacial score (nSPS) is 36.9. The number of benzene rings is 1.